The van der Waals surface area contributed by atoms with Gasteiger partial charge in [0.25, 0.3) is 10.0 Å². The second kappa shape index (κ2) is 12.8. The van der Waals surface area contributed by atoms with Gasteiger partial charge in [0.2, 0.25) is 5.91 Å². The van der Waals surface area contributed by atoms with Crippen LogP contribution < -0.4 is 23.8 Å². The molecule has 0 saturated heterocycles. The summed E-state index contributed by atoms with van der Waals surface area (Å²) in [6.07, 6.45) is 0.587. The highest BCUT2D eigenvalue weighted by Crippen LogP contribution is 2.31. The summed E-state index contributed by atoms with van der Waals surface area (Å²) in [5.41, 5.74) is 1.16. The van der Waals surface area contributed by atoms with E-state index in [1.807, 2.05) is 19.9 Å². The number of carbonyl (C=O) groups is 1. The summed E-state index contributed by atoms with van der Waals surface area (Å²) in [6.45, 7) is 3.88. The average Bonchev–Trinajstić information content (AvgIpc) is 2.91. The molecule has 0 aliphatic rings. The fourth-order valence-electron chi connectivity index (χ4n) is 3.79. The van der Waals surface area contributed by atoms with Crippen molar-refractivity contribution in [2.24, 2.45) is 0 Å². The lowest BCUT2D eigenvalue weighted by Gasteiger charge is -2.26. The molecule has 0 bridgehead atoms. The third-order valence-corrected chi connectivity index (χ3v) is 7.99. The molecule has 1 amide bonds. The maximum absolute atomic E-state index is 13.6. The zero-order valence-corrected chi connectivity index (χ0v) is 23.6. The number of nitrogens with one attached hydrogen (secondary N) is 1. The Balaban J connectivity index is 1.91. The van der Waals surface area contributed by atoms with Crippen molar-refractivity contribution in [1.29, 1.82) is 0 Å². The van der Waals surface area contributed by atoms with Crippen LogP contribution in [0, 0.1) is 0 Å². The van der Waals surface area contributed by atoms with Crippen LogP contribution in [0.4, 0.5) is 5.69 Å². The Labute approximate surface area is 226 Å². The lowest BCUT2D eigenvalue weighted by molar-refractivity contribution is -0.120. The lowest BCUT2D eigenvalue weighted by atomic mass is 10.0. The van der Waals surface area contributed by atoms with E-state index >= 15 is 0 Å². The molecule has 37 heavy (non-hydrogen) atoms. The maximum atomic E-state index is 13.6. The highest BCUT2D eigenvalue weighted by molar-refractivity contribution is 9.10. The van der Waals surface area contributed by atoms with Crippen LogP contribution in [0.3, 0.4) is 0 Å². The van der Waals surface area contributed by atoms with Gasteiger partial charge in [-0.15, -0.1) is 0 Å². The number of ether oxygens (including phenoxy) is 3. The van der Waals surface area contributed by atoms with Crippen molar-refractivity contribution < 1.29 is 27.4 Å². The third kappa shape index (κ3) is 6.95. The van der Waals surface area contributed by atoms with E-state index in [2.05, 4.69) is 21.2 Å². The predicted molar refractivity (Wildman–Crippen MR) is 147 cm³/mol. The summed E-state index contributed by atoms with van der Waals surface area (Å²) in [6, 6.07) is 18.0. The zero-order chi connectivity index (χ0) is 27.0. The van der Waals surface area contributed by atoms with Crippen molar-refractivity contribution in [3.8, 4) is 17.2 Å². The first-order valence-electron chi connectivity index (χ1n) is 11.8. The highest BCUT2D eigenvalue weighted by Gasteiger charge is 2.28. The number of rotatable bonds is 12. The monoisotopic (exact) mass is 590 g/mol. The smallest absolute Gasteiger partial charge is 0.264 e. The van der Waals surface area contributed by atoms with Crippen molar-refractivity contribution in [3.63, 3.8) is 0 Å². The molecule has 3 rings (SSSR count). The van der Waals surface area contributed by atoms with Crippen LogP contribution in [-0.4, -0.2) is 41.7 Å². The standard InChI is InChI=1S/C27H31BrN2O6S/c1-5-24(19-7-16-25(34-3)26(17-19)35-4)29-27(31)18-30(21-10-12-22(13-11-21)36-6-2)37(32,33)23-14-8-20(28)9-15-23/h7-17,24H,5-6,18H2,1-4H3,(H,29,31). The van der Waals surface area contributed by atoms with Crippen LogP contribution in [-0.2, 0) is 14.8 Å². The molecule has 0 aliphatic heterocycles. The van der Waals surface area contributed by atoms with Gasteiger partial charge in [-0.1, -0.05) is 28.9 Å². The Morgan fingerprint density at radius 3 is 2.16 bits per heavy atom. The summed E-state index contributed by atoms with van der Waals surface area (Å²) in [4.78, 5) is 13.3. The summed E-state index contributed by atoms with van der Waals surface area (Å²) in [7, 11) is -0.946. The average molecular weight is 592 g/mol. The van der Waals surface area contributed by atoms with Gasteiger partial charge in [-0.05, 0) is 79.6 Å². The first-order chi connectivity index (χ1) is 17.7. The number of halogens is 1. The van der Waals surface area contributed by atoms with E-state index in [9.17, 15) is 13.2 Å². The van der Waals surface area contributed by atoms with E-state index < -0.39 is 22.5 Å². The molecule has 1 atom stereocenters. The van der Waals surface area contributed by atoms with Crippen LogP contribution in [0.2, 0.25) is 0 Å². The number of amides is 1. The van der Waals surface area contributed by atoms with Crippen LogP contribution in [0.15, 0.2) is 76.1 Å². The molecular weight excluding hydrogens is 560 g/mol. The van der Waals surface area contributed by atoms with E-state index in [0.29, 0.717) is 36.0 Å². The van der Waals surface area contributed by atoms with Gasteiger partial charge in [0.05, 0.1) is 37.5 Å². The number of carbonyl (C=O) groups excluding carboxylic acids is 1. The Morgan fingerprint density at radius 1 is 0.946 bits per heavy atom. The van der Waals surface area contributed by atoms with E-state index in [1.54, 1.807) is 62.8 Å². The molecule has 0 fully saturated rings. The fraction of sp³-hybridized carbons (Fsp3) is 0.296. The van der Waals surface area contributed by atoms with Crippen molar-refractivity contribution in [1.82, 2.24) is 5.32 Å². The van der Waals surface area contributed by atoms with Crippen LogP contribution in [0.25, 0.3) is 0 Å². The predicted octanol–water partition coefficient (Wildman–Crippen LogP) is 5.33. The number of hydrogen-bond acceptors (Lipinski definition) is 6. The largest absolute Gasteiger partial charge is 0.494 e. The summed E-state index contributed by atoms with van der Waals surface area (Å²) in [5, 5.41) is 2.96. The second-order valence-corrected chi connectivity index (χ2v) is 10.8. The molecule has 1 unspecified atom stereocenters. The number of nitrogens with zero attached hydrogens (tertiary/aromatic N) is 1. The first kappa shape index (κ1) is 28.3. The normalized spacial score (nSPS) is 11.9. The van der Waals surface area contributed by atoms with E-state index in [1.165, 1.54) is 12.1 Å². The Bertz CT molecular complexity index is 1300. The SMILES string of the molecule is CCOc1ccc(N(CC(=O)NC(CC)c2ccc(OC)c(OC)c2)S(=O)(=O)c2ccc(Br)cc2)cc1. The van der Waals surface area contributed by atoms with Gasteiger partial charge in [0, 0.05) is 4.47 Å². The molecule has 8 nitrogen and oxygen atoms in total. The fourth-order valence-corrected chi connectivity index (χ4v) is 5.47. The van der Waals surface area contributed by atoms with Crippen LogP contribution in [0.1, 0.15) is 31.9 Å². The van der Waals surface area contributed by atoms with Crippen LogP contribution in [0.5, 0.6) is 17.2 Å². The molecule has 0 radical (unpaired) electrons. The van der Waals surface area contributed by atoms with E-state index in [4.69, 9.17) is 14.2 Å². The van der Waals surface area contributed by atoms with Crippen molar-refractivity contribution >= 4 is 37.5 Å². The van der Waals surface area contributed by atoms with Gasteiger partial charge in [-0.2, -0.15) is 0 Å². The van der Waals surface area contributed by atoms with Crippen molar-refractivity contribution in [2.75, 3.05) is 31.7 Å². The molecule has 0 spiro atoms. The molecule has 3 aromatic carbocycles. The quantitative estimate of drug-likeness (QED) is 0.306. The summed E-state index contributed by atoms with van der Waals surface area (Å²) < 4.78 is 45.3. The summed E-state index contributed by atoms with van der Waals surface area (Å²) >= 11 is 3.33. The molecule has 0 saturated carbocycles. The molecule has 0 aliphatic carbocycles. The molecular formula is C27H31BrN2O6S. The first-order valence-corrected chi connectivity index (χ1v) is 14.0. The Hall–Kier alpha value is -3.24. The molecule has 0 aromatic heterocycles. The highest BCUT2D eigenvalue weighted by atomic mass is 79.9. The minimum Gasteiger partial charge on any atom is -0.494 e. The maximum Gasteiger partial charge on any atom is 0.264 e. The number of hydrogen-bond donors (Lipinski definition) is 1. The minimum atomic E-state index is -4.04. The number of sulfonamides is 1. The Kier molecular flexibility index (Phi) is 9.82. The third-order valence-electron chi connectivity index (χ3n) is 5.68. The number of benzene rings is 3. The minimum absolute atomic E-state index is 0.0734. The van der Waals surface area contributed by atoms with Gasteiger partial charge < -0.3 is 19.5 Å². The van der Waals surface area contributed by atoms with Gasteiger partial charge >= 0.3 is 0 Å². The molecule has 0 heterocycles. The van der Waals surface area contributed by atoms with Gasteiger partial charge in [-0.3, -0.25) is 9.10 Å². The Morgan fingerprint density at radius 2 is 1.59 bits per heavy atom. The number of anilines is 1. The molecule has 1 N–H and O–H groups in total. The van der Waals surface area contributed by atoms with Crippen molar-refractivity contribution in [2.45, 2.75) is 31.2 Å². The number of methoxy groups -OCH3 is 2. The van der Waals surface area contributed by atoms with Gasteiger partial charge in [0.1, 0.15) is 12.3 Å². The lowest BCUT2D eigenvalue weighted by Crippen LogP contribution is -2.42. The van der Waals surface area contributed by atoms with Gasteiger partial charge in [-0.25, -0.2) is 8.42 Å². The summed E-state index contributed by atoms with van der Waals surface area (Å²) in [5.74, 6) is 1.28. The molecule has 3 aromatic rings. The van der Waals surface area contributed by atoms with Crippen LogP contribution >= 0.6 is 15.9 Å². The van der Waals surface area contributed by atoms with E-state index in [-0.39, 0.29) is 10.9 Å². The van der Waals surface area contributed by atoms with Crippen molar-refractivity contribution in [3.05, 3.63) is 76.8 Å². The second-order valence-electron chi connectivity index (χ2n) is 8.04. The zero-order valence-electron chi connectivity index (χ0n) is 21.2. The molecule has 198 valence electrons. The molecule has 10 heteroatoms. The van der Waals surface area contributed by atoms with Gasteiger partial charge in [0.15, 0.2) is 11.5 Å². The van der Waals surface area contributed by atoms with E-state index in [0.717, 1.165) is 14.3 Å². The topological polar surface area (TPSA) is 94.2 Å².